The summed E-state index contributed by atoms with van der Waals surface area (Å²) in [6.07, 6.45) is -0.420. The lowest BCUT2D eigenvalue weighted by molar-refractivity contribution is -0.0553. The van der Waals surface area contributed by atoms with E-state index in [-0.39, 0.29) is 12.1 Å². The van der Waals surface area contributed by atoms with Crippen molar-refractivity contribution >= 4 is 12.2 Å². The Balaban J connectivity index is 1.94. The molecule has 0 spiro atoms. The predicted molar refractivity (Wildman–Crippen MR) is 64.4 cm³/mol. The van der Waals surface area contributed by atoms with Gasteiger partial charge in [-0.1, -0.05) is 0 Å². The molecule has 2 saturated heterocycles. The minimum absolute atomic E-state index is 0.00954. The lowest BCUT2D eigenvalue weighted by Crippen LogP contribution is -2.66. The van der Waals surface area contributed by atoms with Crippen LogP contribution in [0.3, 0.4) is 0 Å². The number of piperidine rings is 1. The van der Waals surface area contributed by atoms with Crippen molar-refractivity contribution < 1.29 is 19.4 Å². The van der Waals surface area contributed by atoms with E-state index in [1.165, 1.54) is 4.90 Å². The molecule has 2 heterocycles. The summed E-state index contributed by atoms with van der Waals surface area (Å²) in [5, 5.41) is 8.97. The quantitative estimate of drug-likeness (QED) is 0.714. The molecule has 1 N–H and O–H groups in total. The van der Waals surface area contributed by atoms with Crippen LogP contribution >= 0.6 is 0 Å². The van der Waals surface area contributed by atoms with Gasteiger partial charge in [-0.05, 0) is 27.2 Å². The van der Waals surface area contributed by atoms with E-state index in [0.29, 0.717) is 25.6 Å². The number of hydrogen-bond donors (Lipinski definition) is 1. The first-order chi connectivity index (χ1) is 8.28. The van der Waals surface area contributed by atoms with Crippen molar-refractivity contribution in [1.82, 2.24) is 9.80 Å². The van der Waals surface area contributed by atoms with Gasteiger partial charge in [0.15, 0.2) is 0 Å². The molecule has 6 heteroatoms. The number of fused-ring (bicyclic) bond motifs is 1. The molecule has 102 valence electrons. The SMILES string of the molecule is CC(C)(C)OC(=O)N1CC2CCN(C(=O)O)CC21. The van der Waals surface area contributed by atoms with E-state index in [4.69, 9.17) is 9.84 Å². The number of nitrogens with zero attached hydrogens (tertiary/aromatic N) is 2. The molecule has 0 aliphatic carbocycles. The average Bonchev–Trinajstić information content (AvgIpc) is 2.16. The second-order valence-electron chi connectivity index (χ2n) is 5.98. The molecule has 2 atom stereocenters. The van der Waals surface area contributed by atoms with Crippen LogP contribution in [0, 0.1) is 5.92 Å². The Morgan fingerprint density at radius 2 is 1.94 bits per heavy atom. The maximum atomic E-state index is 11.9. The van der Waals surface area contributed by atoms with Crippen LogP contribution in [0.1, 0.15) is 27.2 Å². The van der Waals surface area contributed by atoms with Gasteiger partial charge >= 0.3 is 12.2 Å². The van der Waals surface area contributed by atoms with E-state index in [1.807, 2.05) is 20.8 Å². The monoisotopic (exact) mass is 256 g/mol. The summed E-state index contributed by atoms with van der Waals surface area (Å²) in [6.45, 7) is 7.14. The van der Waals surface area contributed by atoms with Gasteiger partial charge in [-0.25, -0.2) is 9.59 Å². The Hall–Kier alpha value is -1.46. The lowest BCUT2D eigenvalue weighted by atomic mass is 9.83. The second kappa shape index (κ2) is 4.33. The van der Waals surface area contributed by atoms with Crippen molar-refractivity contribution in [3.05, 3.63) is 0 Å². The highest BCUT2D eigenvalue weighted by Crippen LogP contribution is 2.33. The van der Waals surface area contributed by atoms with Gasteiger partial charge in [-0.3, -0.25) is 0 Å². The molecule has 0 aromatic carbocycles. The molecule has 2 fully saturated rings. The van der Waals surface area contributed by atoms with Crippen LogP contribution in [0.15, 0.2) is 0 Å². The van der Waals surface area contributed by atoms with Gasteiger partial charge < -0.3 is 19.6 Å². The summed E-state index contributed by atoms with van der Waals surface area (Å²) in [5.74, 6) is 0.424. The van der Waals surface area contributed by atoms with Gasteiger partial charge in [-0.15, -0.1) is 0 Å². The molecule has 0 aromatic heterocycles. The first-order valence-corrected chi connectivity index (χ1v) is 6.25. The summed E-state index contributed by atoms with van der Waals surface area (Å²) in [4.78, 5) is 25.9. The van der Waals surface area contributed by atoms with E-state index in [1.54, 1.807) is 4.90 Å². The summed E-state index contributed by atoms with van der Waals surface area (Å²) in [5.41, 5.74) is -0.511. The molecule has 2 aliphatic heterocycles. The molecular weight excluding hydrogens is 236 g/mol. The van der Waals surface area contributed by atoms with Crippen LogP contribution in [0.5, 0.6) is 0 Å². The number of hydrogen-bond acceptors (Lipinski definition) is 3. The van der Waals surface area contributed by atoms with Crippen LogP contribution in [0.2, 0.25) is 0 Å². The third kappa shape index (κ3) is 2.52. The average molecular weight is 256 g/mol. The Bertz CT molecular complexity index is 364. The standard InChI is InChI=1S/C12H20N2O4/c1-12(2,3)18-11(17)14-6-8-4-5-13(10(15)16)7-9(8)14/h8-9H,4-7H2,1-3H3,(H,15,16). The number of rotatable bonds is 0. The van der Waals surface area contributed by atoms with Crippen LogP contribution in [0.4, 0.5) is 9.59 Å². The molecule has 0 aromatic rings. The zero-order valence-electron chi connectivity index (χ0n) is 11.0. The van der Waals surface area contributed by atoms with Crippen molar-refractivity contribution in [2.45, 2.75) is 38.8 Å². The third-order valence-electron chi connectivity index (χ3n) is 3.45. The fourth-order valence-corrected chi connectivity index (χ4v) is 2.50. The minimum atomic E-state index is -0.913. The predicted octanol–water partition coefficient (Wildman–Crippen LogP) is 1.61. The Labute approximate surface area is 106 Å². The van der Waals surface area contributed by atoms with Gasteiger partial charge in [0.05, 0.1) is 6.04 Å². The summed E-state index contributed by atoms with van der Waals surface area (Å²) >= 11 is 0. The second-order valence-corrected chi connectivity index (χ2v) is 5.98. The molecule has 2 unspecified atom stereocenters. The smallest absolute Gasteiger partial charge is 0.410 e. The number of carbonyl (C=O) groups is 2. The van der Waals surface area contributed by atoms with Crippen LogP contribution in [0.25, 0.3) is 0 Å². The van der Waals surface area contributed by atoms with Crippen molar-refractivity contribution in [2.24, 2.45) is 5.92 Å². The van der Waals surface area contributed by atoms with E-state index >= 15 is 0 Å². The van der Waals surface area contributed by atoms with Gasteiger partial charge in [-0.2, -0.15) is 0 Å². The van der Waals surface area contributed by atoms with Crippen LogP contribution in [-0.2, 0) is 4.74 Å². The van der Waals surface area contributed by atoms with Crippen LogP contribution in [-0.4, -0.2) is 58.4 Å². The zero-order chi connectivity index (χ0) is 13.5. The van der Waals surface area contributed by atoms with Crippen LogP contribution < -0.4 is 0 Å². The van der Waals surface area contributed by atoms with Crippen molar-refractivity contribution in [2.75, 3.05) is 19.6 Å². The topological polar surface area (TPSA) is 70.1 Å². The first-order valence-electron chi connectivity index (χ1n) is 6.25. The summed E-state index contributed by atoms with van der Waals surface area (Å²) in [6, 6.07) is -0.00954. The zero-order valence-corrected chi connectivity index (χ0v) is 11.0. The van der Waals surface area contributed by atoms with Crippen molar-refractivity contribution in [1.29, 1.82) is 0 Å². The highest BCUT2D eigenvalue weighted by molar-refractivity contribution is 5.70. The first kappa shape index (κ1) is 13.0. The number of ether oxygens (including phenoxy) is 1. The Kier molecular flexibility index (Phi) is 3.12. The van der Waals surface area contributed by atoms with Gasteiger partial charge in [0.1, 0.15) is 5.60 Å². The van der Waals surface area contributed by atoms with Gasteiger partial charge in [0, 0.05) is 25.6 Å². The van der Waals surface area contributed by atoms with E-state index < -0.39 is 11.7 Å². The molecule has 2 amide bonds. The molecule has 18 heavy (non-hydrogen) atoms. The highest BCUT2D eigenvalue weighted by atomic mass is 16.6. The summed E-state index contributed by atoms with van der Waals surface area (Å²) in [7, 11) is 0. The highest BCUT2D eigenvalue weighted by Gasteiger charge is 2.47. The maximum absolute atomic E-state index is 11.9. The van der Waals surface area contributed by atoms with Gasteiger partial charge in [0.2, 0.25) is 0 Å². The van der Waals surface area contributed by atoms with E-state index in [2.05, 4.69) is 0 Å². The molecule has 2 aliphatic rings. The number of likely N-dealkylation sites (tertiary alicyclic amines) is 2. The van der Waals surface area contributed by atoms with Crippen molar-refractivity contribution in [3.63, 3.8) is 0 Å². The lowest BCUT2D eigenvalue weighted by Gasteiger charge is -2.52. The van der Waals surface area contributed by atoms with Gasteiger partial charge in [0.25, 0.3) is 0 Å². The fourth-order valence-electron chi connectivity index (χ4n) is 2.50. The molecule has 0 saturated carbocycles. The largest absolute Gasteiger partial charge is 0.465 e. The third-order valence-corrected chi connectivity index (χ3v) is 3.45. The Morgan fingerprint density at radius 1 is 1.28 bits per heavy atom. The minimum Gasteiger partial charge on any atom is -0.465 e. The van der Waals surface area contributed by atoms with E-state index in [9.17, 15) is 9.59 Å². The fraction of sp³-hybridized carbons (Fsp3) is 0.833. The molecule has 2 rings (SSSR count). The number of carboxylic acid groups (broad SMARTS) is 1. The van der Waals surface area contributed by atoms with E-state index in [0.717, 1.165) is 6.42 Å². The summed E-state index contributed by atoms with van der Waals surface area (Å²) < 4.78 is 5.31. The van der Waals surface area contributed by atoms with Crippen molar-refractivity contribution in [3.8, 4) is 0 Å². The molecule has 0 bridgehead atoms. The number of amides is 2. The molecule has 0 radical (unpaired) electrons. The number of carbonyl (C=O) groups excluding carboxylic acids is 1. The normalized spacial score (nSPS) is 27.3. The molecule has 6 nitrogen and oxygen atoms in total. The molecular formula is C12H20N2O4. The maximum Gasteiger partial charge on any atom is 0.410 e. The Morgan fingerprint density at radius 3 is 2.50 bits per heavy atom.